The van der Waals surface area contributed by atoms with Gasteiger partial charge in [0, 0.05) is 11.8 Å². The Morgan fingerprint density at radius 3 is 2.70 bits per heavy atom. The Hall–Kier alpha value is -3.41. The number of rotatable bonds is 5. The van der Waals surface area contributed by atoms with Crippen LogP contribution in [0.25, 0.3) is 0 Å². The van der Waals surface area contributed by atoms with Crippen LogP contribution >= 0.6 is 0 Å². The summed E-state index contributed by atoms with van der Waals surface area (Å²) in [6, 6.07) is 16.4. The van der Waals surface area contributed by atoms with Crippen LogP contribution in [0.3, 0.4) is 0 Å². The van der Waals surface area contributed by atoms with E-state index < -0.39 is 0 Å². The first-order valence-corrected chi connectivity index (χ1v) is 8.67. The molecule has 138 valence electrons. The maximum Gasteiger partial charge on any atom is 0.291 e. The maximum atomic E-state index is 12.4. The van der Waals surface area contributed by atoms with Gasteiger partial charge in [0.25, 0.3) is 5.91 Å². The number of nitrogens with one attached hydrogen (secondary N) is 1. The molecule has 6 heteroatoms. The van der Waals surface area contributed by atoms with E-state index in [9.17, 15) is 4.79 Å². The fourth-order valence-electron chi connectivity index (χ4n) is 2.76. The quantitative estimate of drug-likeness (QED) is 0.734. The third-order valence-electron chi connectivity index (χ3n) is 4.15. The van der Waals surface area contributed by atoms with Gasteiger partial charge in [0.1, 0.15) is 31.3 Å². The molecule has 27 heavy (non-hydrogen) atoms. The number of para-hydroxylation sites is 1. The zero-order chi connectivity index (χ0) is 18.6. The van der Waals surface area contributed by atoms with Crippen LogP contribution in [0.15, 0.2) is 59.0 Å². The van der Waals surface area contributed by atoms with Gasteiger partial charge in [-0.05, 0) is 42.8 Å². The van der Waals surface area contributed by atoms with Gasteiger partial charge in [-0.2, -0.15) is 0 Å². The van der Waals surface area contributed by atoms with E-state index in [-0.39, 0.29) is 18.3 Å². The summed E-state index contributed by atoms with van der Waals surface area (Å²) in [7, 11) is 0. The van der Waals surface area contributed by atoms with Crippen molar-refractivity contribution in [2.75, 3.05) is 18.5 Å². The van der Waals surface area contributed by atoms with Crippen molar-refractivity contribution in [2.24, 2.45) is 0 Å². The van der Waals surface area contributed by atoms with Crippen LogP contribution in [0.1, 0.15) is 21.9 Å². The average Bonchev–Trinajstić information content (AvgIpc) is 3.16. The molecule has 1 aromatic heterocycles. The van der Waals surface area contributed by atoms with E-state index in [0.29, 0.717) is 36.2 Å². The third kappa shape index (κ3) is 3.89. The van der Waals surface area contributed by atoms with Gasteiger partial charge in [-0.25, -0.2) is 0 Å². The average molecular weight is 365 g/mol. The van der Waals surface area contributed by atoms with Crippen LogP contribution in [0, 0.1) is 6.92 Å². The van der Waals surface area contributed by atoms with Crippen LogP contribution in [-0.2, 0) is 6.61 Å². The number of hydrogen-bond acceptors (Lipinski definition) is 5. The van der Waals surface area contributed by atoms with Crippen molar-refractivity contribution in [1.29, 1.82) is 0 Å². The molecule has 0 atom stereocenters. The molecule has 1 N–H and O–H groups in total. The molecule has 6 nitrogen and oxygen atoms in total. The smallest absolute Gasteiger partial charge is 0.291 e. The lowest BCUT2D eigenvalue weighted by molar-refractivity contribution is 0.0992. The molecule has 4 rings (SSSR count). The number of fused-ring (bicyclic) bond motifs is 1. The van der Waals surface area contributed by atoms with Crippen LogP contribution in [0.5, 0.6) is 17.2 Å². The second-order valence-electron chi connectivity index (χ2n) is 6.13. The maximum absolute atomic E-state index is 12.4. The van der Waals surface area contributed by atoms with Crippen molar-refractivity contribution in [3.63, 3.8) is 0 Å². The Bertz CT molecular complexity index is 963. The van der Waals surface area contributed by atoms with Gasteiger partial charge in [-0.3, -0.25) is 4.79 Å². The lowest BCUT2D eigenvalue weighted by Crippen LogP contribution is -2.16. The zero-order valence-electron chi connectivity index (χ0n) is 14.9. The predicted molar refractivity (Wildman–Crippen MR) is 99.6 cm³/mol. The van der Waals surface area contributed by atoms with Crippen molar-refractivity contribution in [1.82, 2.24) is 0 Å². The lowest BCUT2D eigenvalue weighted by Gasteiger charge is -2.18. The molecule has 1 amide bonds. The molecule has 1 aliphatic heterocycles. The Kier molecular flexibility index (Phi) is 4.70. The van der Waals surface area contributed by atoms with Crippen LogP contribution in [-0.4, -0.2) is 19.1 Å². The van der Waals surface area contributed by atoms with Crippen molar-refractivity contribution in [2.45, 2.75) is 13.5 Å². The van der Waals surface area contributed by atoms with E-state index in [1.807, 2.05) is 31.2 Å². The summed E-state index contributed by atoms with van der Waals surface area (Å²) in [5, 5.41) is 2.80. The predicted octanol–water partition coefficient (Wildman–Crippen LogP) is 4.19. The first-order valence-electron chi connectivity index (χ1n) is 8.67. The number of amides is 1. The summed E-state index contributed by atoms with van der Waals surface area (Å²) in [5.74, 6) is 2.53. The first-order chi connectivity index (χ1) is 13.2. The molecule has 0 fully saturated rings. The van der Waals surface area contributed by atoms with E-state index in [4.69, 9.17) is 18.6 Å². The standard InChI is InChI=1S/C21H19NO5/c1-14-4-2-3-5-17(14)26-13-16-7-9-19(27-16)21(23)22-15-6-8-18-20(12-15)25-11-10-24-18/h2-9,12H,10-11,13H2,1H3,(H,22,23). The molecular weight excluding hydrogens is 346 g/mol. The number of aryl methyl sites for hydroxylation is 1. The van der Waals surface area contributed by atoms with Gasteiger partial charge in [0.15, 0.2) is 17.3 Å². The number of benzene rings is 2. The minimum Gasteiger partial charge on any atom is -0.486 e. The lowest BCUT2D eigenvalue weighted by atomic mass is 10.2. The number of anilines is 1. The van der Waals surface area contributed by atoms with E-state index in [1.165, 1.54) is 0 Å². The molecule has 0 saturated heterocycles. The molecule has 2 heterocycles. The highest BCUT2D eigenvalue weighted by atomic mass is 16.6. The summed E-state index contributed by atoms with van der Waals surface area (Å²) in [5.41, 5.74) is 1.65. The first kappa shape index (κ1) is 17.0. The normalized spacial score (nSPS) is 12.5. The SMILES string of the molecule is Cc1ccccc1OCc1ccc(C(=O)Nc2ccc3c(c2)OCCO3)o1. The molecule has 2 aromatic carbocycles. The highest BCUT2D eigenvalue weighted by Gasteiger charge is 2.15. The fraction of sp³-hybridized carbons (Fsp3) is 0.190. The molecule has 0 radical (unpaired) electrons. The van der Waals surface area contributed by atoms with Crippen LogP contribution in [0.2, 0.25) is 0 Å². The topological polar surface area (TPSA) is 69.9 Å². The van der Waals surface area contributed by atoms with E-state index >= 15 is 0 Å². The second kappa shape index (κ2) is 7.45. The van der Waals surface area contributed by atoms with Crippen molar-refractivity contribution < 1.29 is 23.4 Å². The third-order valence-corrected chi connectivity index (χ3v) is 4.15. The highest BCUT2D eigenvalue weighted by Crippen LogP contribution is 2.32. The molecule has 0 spiro atoms. The van der Waals surface area contributed by atoms with E-state index in [2.05, 4.69) is 5.32 Å². The zero-order valence-corrected chi connectivity index (χ0v) is 14.9. The minimum atomic E-state index is -0.339. The van der Waals surface area contributed by atoms with E-state index in [1.54, 1.807) is 30.3 Å². The van der Waals surface area contributed by atoms with Gasteiger partial charge in [-0.15, -0.1) is 0 Å². The Balaban J connectivity index is 1.39. The Morgan fingerprint density at radius 1 is 1.04 bits per heavy atom. The summed E-state index contributed by atoms with van der Waals surface area (Å²) in [6.45, 7) is 3.25. The molecular formula is C21H19NO5. The van der Waals surface area contributed by atoms with Crippen molar-refractivity contribution in [3.05, 3.63) is 71.7 Å². The fourth-order valence-corrected chi connectivity index (χ4v) is 2.76. The number of ether oxygens (including phenoxy) is 3. The minimum absolute atomic E-state index is 0.216. The molecule has 0 unspecified atom stereocenters. The summed E-state index contributed by atoms with van der Waals surface area (Å²) in [6.07, 6.45) is 0. The molecule has 0 bridgehead atoms. The number of furan rings is 1. The van der Waals surface area contributed by atoms with E-state index in [0.717, 1.165) is 11.3 Å². The van der Waals surface area contributed by atoms with Crippen molar-refractivity contribution >= 4 is 11.6 Å². The second-order valence-corrected chi connectivity index (χ2v) is 6.13. The van der Waals surface area contributed by atoms with Gasteiger partial charge in [0.2, 0.25) is 0 Å². The number of carbonyl (C=O) groups is 1. The van der Waals surface area contributed by atoms with Gasteiger partial charge in [0.05, 0.1) is 0 Å². The summed E-state index contributed by atoms with van der Waals surface area (Å²) in [4.78, 5) is 12.4. The monoisotopic (exact) mass is 365 g/mol. The Labute approximate surface area is 156 Å². The number of carbonyl (C=O) groups excluding carboxylic acids is 1. The van der Waals surface area contributed by atoms with Gasteiger partial charge >= 0.3 is 0 Å². The highest BCUT2D eigenvalue weighted by molar-refractivity contribution is 6.02. The van der Waals surface area contributed by atoms with Gasteiger partial charge < -0.3 is 23.9 Å². The summed E-state index contributed by atoms with van der Waals surface area (Å²) < 4.78 is 22.3. The molecule has 3 aromatic rings. The largest absolute Gasteiger partial charge is 0.486 e. The Morgan fingerprint density at radius 2 is 1.85 bits per heavy atom. The van der Waals surface area contributed by atoms with Gasteiger partial charge in [-0.1, -0.05) is 18.2 Å². The number of hydrogen-bond donors (Lipinski definition) is 1. The van der Waals surface area contributed by atoms with Crippen LogP contribution < -0.4 is 19.5 Å². The molecule has 0 aliphatic carbocycles. The van der Waals surface area contributed by atoms with Crippen molar-refractivity contribution in [3.8, 4) is 17.2 Å². The van der Waals surface area contributed by atoms with Crippen LogP contribution in [0.4, 0.5) is 5.69 Å². The molecule has 0 saturated carbocycles. The summed E-state index contributed by atoms with van der Waals surface area (Å²) >= 11 is 0. The molecule has 1 aliphatic rings.